The molecule has 15 heavy (non-hydrogen) atoms. The van der Waals surface area contributed by atoms with E-state index < -0.39 is 5.91 Å². The number of rotatable bonds is 3. The number of hydrogen-bond acceptors (Lipinski definition) is 4. The van der Waals surface area contributed by atoms with Crippen LogP contribution in [0.4, 0.5) is 11.4 Å². The Morgan fingerprint density at radius 3 is 2.47 bits per heavy atom. The maximum absolute atomic E-state index is 11.0. The van der Waals surface area contributed by atoms with E-state index in [1.54, 1.807) is 12.1 Å². The number of amides is 1. The van der Waals surface area contributed by atoms with Gasteiger partial charge in [0.15, 0.2) is 0 Å². The largest absolute Gasteiger partial charge is 0.411 e. The second kappa shape index (κ2) is 4.99. The van der Waals surface area contributed by atoms with Gasteiger partial charge in [-0.15, -0.1) is 0 Å². The van der Waals surface area contributed by atoms with Crippen LogP contribution < -0.4 is 10.2 Å². The number of nitrogens with one attached hydrogen (secondary N) is 1. The smallest absolute Gasteiger partial charge is 0.270 e. The molecular formula is C10H13N3O2. The number of anilines is 2. The number of benzene rings is 1. The van der Waals surface area contributed by atoms with Crippen LogP contribution in [0.15, 0.2) is 29.4 Å². The van der Waals surface area contributed by atoms with Gasteiger partial charge in [-0.05, 0) is 24.3 Å². The molecule has 0 saturated carbocycles. The molecule has 0 radical (unpaired) electrons. The fourth-order valence-electron chi connectivity index (χ4n) is 1.07. The van der Waals surface area contributed by atoms with E-state index in [9.17, 15) is 4.79 Å². The van der Waals surface area contributed by atoms with Crippen molar-refractivity contribution in [3.8, 4) is 0 Å². The van der Waals surface area contributed by atoms with Gasteiger partial charge in [0.1, 0.15) is 6.21 Å². The molecule has 80 valence electrons. The maximum Gasteiger partial charge on any atom is 0.270 e. The van der Waals surface area contributed by atoms with Gasteiger partial charge in [0.25, 0.3) is 5.91 Å². The van der Waals surface area contributed by atoms with Gasteiger partial charge in [0.05, 0.1) is 0 Å². The summed E-state index contributed by atoms with van der Waals surface area (Å²) >= 11 is 0. The van der Waals surface area contributed by atoms with Crippen LogP contribution in [-0.2, 0) is 4.79 Å². The van der Waals surface area contributed by atoms with Crippen molar-refractivity contribution in [2.75, 3.05) is 24.3 Å². The van der Waals surface area contributed by atoms with Crippen molar-refractivity contribution in [1.29, 1.82) is 0 Å². The van der Waals surface area contributed by atoms with E-state index >= 15 is 0 Å². The highest BCUT2D eigenvalue weighted by molar-refractivity contribution is 6.31. The van der Waals surface area contributed by atoms with Crippen molar-refractivity contribution in [2.45, 2.75) is 0 Å². The highest BCUT2D eigenvalue weighted by atomic mass is 16.4. The Hall–Kier alpha value is -2.04. The third-order valence-corrected chi connectivity index (χ3v) is 1.83. The minimum Gasteiger partial charge on any atom is -0.411 e. The number of carbonyl (C=O) groups excluding carboxylic acids is 1. The Labute approximate surface area is 88.0 Å². The highest BCUT2D eigenvalue weighted by Crippen LogP contribution is 2.15. The molecule has 0 unspecified atom stereocenters. The number of carbonyl (C=O) groups is 1. The lowest BCUT2D eigenvalue weighted by Crippen LogP contribution is -2.13. The summed E-state index contributed by atoms with van der Waals surface area (Å²) in [7, 11) is 3.87. The number of oxime groups is 1. The minimum absolute atomic E-state index is 0.463. The molecule has 1 aromatic carbocycles. The third-order valence-electron chi connectivity index (χ3n) is 1.83. The van der Waals surface area contributed by atoms with E-state index in [0.29, 0.717) is 5.69 Å². The van der Waals surface area contributed by atoms with Crippen LogP contribution in [0.3, 0.4) is 0 Å². The summed E-state index contributed by atoms with van der Waals surface area (Å²) in [6, 6.07) is 7.31. The summed E-state index contributed by atoms with van der Waals surface area (Å²) < 4.78 is 0. The van der Waals surface area contributed by atoms with Crippen molar-refractivity contribution in [2.24, 2.45) is 5.16 Å². The zero-order valence-corrected chi connectivity index (χ0v) is 8.64. The molecule has 0 heterocycles. The van der Waals surface area contributed by atoms with Gasteiger partial charge < -0.3 is 15.4 Å². The molecule has 2 N–H and O–H groups in total. The van der Waals surface area contributed by atoms with E-state index in [1.807, 2.05) is 31.1 Å². The Kier molecular flexibility index (Phi) is 3.68. The number of hydrogen-bond donors (Lipinski definition) is 2. The first kappa shape index (κ1) is 11.0. The molecule has 0 spiro atoms. The molecule has 0 aromatic heterocycles. The molecule has 0 aliphatic carbocycles. The zero-order chi connectivity index (χ0) is 11.3. The lowest BCUT2D eigenvalue weighted by molar-refractivity contribution is -0.110. The van der Waals surface area contributed by atoms with Crippen LogP contribution in [0.1, 0.15) is 0 Å². The molecule has 0 aliphatic heterocycles. The van der Waals surface area contributed by atoms with Crippen LogP contribution in [0.5, 0.6) is 0 Å². The molecule has 0 atom stereocenters. The summed E-state index contributed by atoms with van der Waals surface area (Å²) in [5.41, 5.74) is 1.70. The predicted octanol–water partition coefficient (Wildman–Crippen LogP) is 1.15. The number of nitrogens with zero attached hydrogens (tertiary/aromatic N) is 2. The molecule has 0 aliphatic rings. The van der Waals surface area contributed by atoms with Gasteiger partial charge in [-0.1, -0.05) is 5.16 Å². The van der Waals surface area contributed by atoms with Crippen molar-refractivity contribution >= 4 is 23.5 Å². The first-order valence-corrected chi connectivity index (χ1v) is 4.39. The topological polar surface area (TPSA) is 64.9 Å². The molecule has 0 fully saturated rings. The molecule has 0 bridgehead atoms. The SMILES string of the molecule is CN(C)c1ccc(NC(=O)/C=N/O)cc1. The highest BCUT2D eigenvalue weighted by Gasteiger charge is 1.99. The van der Waals surface area contributed by atoms with Gasteiger partial charge in [-0.2, -0.15) is 0 Å². The predicted molar refractivity (Wildman–Crippen MR) is 59.7 cm³/mol. The van der Waals surface area contributed by atoms with Crippen molar-refractivity contribution in [1.82, 2.24) is 0 Å². The Morgan fingerprint density at radius 2 is 2.00 bits per heavy atom. The Morgan fingerprint density at radius 1 is 1.40 bits per heavy atom. The summed E-state index contributed by atoms with van der Waals surface area (Å²) in [6.07, 6.45) is 0.805. The average molecular weight is 207 g/mol. The van der Waals surface area contributed by atoms with E-state index in [-0.39, 0.29) is 0 Å². The van der Waals surface area contributed by atoms with E-state index in [2.05, 4.69) is 10.5 Å². The third kappa shape index (κ3) is 3.30. The van der Waals surface area contributed by atoms with E-state index in [0.717, 1.165) is 11.9 Å². The Balaban J connectivity index is 2.68. The van der Waals surface area contributed by atoms with Gasteiger partial charge in [0, 0.05) is 25.5 Å². The lowest BCUT2D eigenvalue weighted by atomic mass is 10.2. The summed E-state index contributed by atoms with van der Waals surface area (Å²) in [6.45, 7) is 0. The first-order chi connectivity index (χ1) is 7.13. The molecule has 0 saturated heterocycles. The fraction of sp³-hybridized carbons (Fsp3) is 0.200. The summed E-state index contributed by atoms with van der Waals surface area (Å²) in [4.78, 5) is 13.0. The molecular weight excluding hydrogens is 194 g/mol. The first-order valence-electron chi connectivity index (χ1n) is 4.39. The van der Waals surface area contributed by atoms with Crippen LogP contribution in [0, 0.1) is 0 Å². The lowest BCUT2D eigenvalue weighted by Gasteiger charge is -2.12. The zero-order valence-electron chi connectivity index (χ0n) is 8.64. The molecule has 1 amide bonds. The quantitative estimate of drug-likeness (QED) is 0.444. The normalized spacial score (nSPS) is 10.3. The van der Waals surface area contributed by atoms with Gasteiger partial charge in [-0.25, -0.2) is 0 Å². The second-order valence-electron chi connectivity index (χ2n) is 3.18. The van der Waals surface area contributed by atoms with E-state index in [1.165, 1.54) is 0 Å². The molecule has 5 heteroatoms. The molecule has 5 nitrogen and oxygen atoms in total. The van der Waals surface area contributed by atoms with Crippen molar-refractivity contribution in [3.63, 3.8) is 0 Å². The van der Waals surface area contributed by atoms with Crippen molar-refractivity contribution in [3.05, 3.63) is 24.3 Å². The van der Waals surface area contributed by atoms with Gasteiger partial charge in [-0.3, -0.25) is 4.79 Å². The van der Waals surface area contributed by atoms with E-state index in [4.69, 9.17) is 5.21 Å². The summed E-state index contributed by atoms with van der Waals surface area (Å²) in [5.74, 6) is -0.463. The monoisotopic (exact) mass is 207 g/mol. The summed E-state index contributed by atoms with van der Waals surface area (Å²) in [5, 5.41) is 13.3. The fourth-order valence-corrected chi connectivity index (χ4v) is 1.07. The average Bonchev–Trinajstić information content (AvgIpc) is 2.18. The maximum atomic E-state index is 11.0. The van der Waals surface area contributed by atoms with Gasteiger partial charge >= 0.3 is 0 Å². The second-order valence-corrected chi connectivity index (χ2v) is 3.18. The van der Waals surface area contributed by atoms with Gasteiger partial charge in [0.2, 0.25) is 0 Å². The Bertz CT molecular complexity index is 357. The molecule has 1 rings (SSSR count). The van der Waals surface area contributed by atoms with Crippen LogP contribution in [0.2, 0.25) is 0 Å². The van der Waals surface area contributed by atoms with Crippen LogP contribution >= 0.6 is 0 Å². The standard InChI is InChI=1S/C10H13N3O2/c1-13(2)9-5-3-8(4-6-9)12-10(14)7-11-15/h3-7,15H,1-2H3,(H,12,14)/b11-7+. The van der Waals surface area contributed by atoms with Crippen molar-refractivity contribution < 1.29 is 10.0 Å². The molecule has 1 aromatic rings. The van der Waals surface area contributed by atoms with Crippen LogP contribution in [-0.4, -0.2) is 31.4 Å². The van der Waals surface area contributed by atoms with Crippen LogP contribution in [0.25, 0.3) is 0 Å². The minimum atomic E-state index is -0.463.